The molecular formula is C21H27ClN2O6. The zero-order valence-corrected chi connectivity index (χ0v) is 17.7. The smallest absolute Gasteiger partial charge is 0.406 e. The lowest BCUT2D eigenvalue weighted by Crippen LogP contribution is -2.21. The fraction of sp³-hybridized carbons (Fsp3) is 0.429. The van der Waals surface area contributed by atoms with E-state index in [0.29, 0.717) is 51.4 Å². The third kappa shape index (κ3) is 9.89. The van der Waals surface area contributed by atoms with E-state index in [1.54, 1.807) is 12.3 Å². The van der Waals surface area contributed by atoms with Crippen molar-refractivity contribution in [3.05, 3.63) is 47.7 Å². The summed E-state index contributed by atoms with van der Waals surface area (Å²) in [5.74, 6) is 0.776. The molecule has 0 atom stereocenters. The monoisotopic (exact) mass is 438 g/mol. The van der Waals surface area contributed by atoms with Gasteiger partial charge in [0.1, 0.15) is 24.1 Å². The van der Waals surface area contributed by atoms with Crippen LogP contribution in [0.2, 0.25) is 5.15 Å². The Morgan fingerprint density at radius 3 is 1.97 bits per heavy atom. The van der Waals surface area contributed by atoms with Gasteiger partial charge in [-0.2, -0.15) is 0 Å². The number of nitrogens with zero attached hydrogens (tertiary/aromatic N) is 1. The number of benzene rings is 1. The summed E-state index contributed by atoms with van der Waals surface area (Å²) in [7, 11) is 1.50. The van der Waals surface area contributed by atoms with Gasteiger partial charge in [0.05, 0.1) is 39.6 Å². The first-order valence-electron chi connectivity index (χ1n) is 9.61. The molecule has 2 rings (SSSR count). The largest absolute Gasteiger partial charge is 0.491 e. The van der Waals surface area contributed by atoms with Crippen LogP contribution in [0, 0.1) is 0 Å². The summed E-state index contributed by atoms with van der Waals surface area (Å²) in [5, 5.41) is 2.83. The van der Waals surface area contributed by atoms with Crippen LogP contribution in [-0.2, 0) is 18.9 Å². The highest BCUT2D eigenvalue weighted by atomic mass is 35.5. The quantitative estimate of drug-likeness (QED) is 0.358. The van der Waals surface area contributed by atoms with Crippen LogP contribution in [0.5, 0.6) is 5.75 Å². The maximum Gasteiger partial charge on any atom is 0.406 e. The molecule has 2 aromatic rings. The SMILES string of the molecule is CNC(=O)OCCOCCOCCOCCOc1ccc(-c2ccc(Cl)nc2)cc1. The van der Waals surface area contributed by atoms with Crippen molar-refractivity contribution in [1.82, 2.24) is 10.3 Å². The van der Waals surface area contributed by atoms with Crippen molar-refractivity contribution in [2.24, 2.45) is 0 Å². The highest BCUT2D eigenvalue weighted by molar-refractivity contribution is 6.29. The van der Waals surface area contributed by atoms with Crippen LogP contribution in [0.4, 0.5) is 4.79 Å². The lowest BCUT2D eigenvalue weighted by Gasteiger charge is -2.09. The molecule has 0 fully saturated rings. The molecular weight excluding hydrogens is 412 g/mol. The molecule has 0 bridgehead atoms. The number of hydrogen-bond donors (Lipinski definition) is 1. The minimum Gasteiger partial charge on any atom is -0.491 e. The van der Waals surface area contributed by atoms with E-state index in [9.17, 15) is 4.79 Å². The van der Waals surface area contributed by atoms with Gasteiger partial charge in [-0.1, -0.05) is 23.7 Å². The van der Waals surface area contributed by atoms with Crippen LogP contribution < -0.4 is 10.1 Å². The number of amides is 1. The summed E-state index contributed by atoms with van der Waals surface area (Å²) in [5.41, 5.74) is 2.04. The Morgan fingerprint density at radius 2 is 1.40 bits per heavy atom. The van der Waals surface area contributed by atoms with Crippen molar-refractivity contribution >= 4 is 17.7 Å². The Morgan fingerprint density at radius 1 is 0.833 bits per heavy atom. The molecule has 1 aromatic heterocycles. The first-order chi connectivity index (χ1) is 14.7. The molecule has 30 heavy (non-hydrogen) atoms. The first-order valence-corrected chi connectivity index (χ1v) is 9.99. The summed E-state index contributed by atoms with van der Waals surface area (Å²) in [6.07, 6.45) is 1.27. The van der Waals surface area contributed by atoms with Gasteiger partial charge in [0.25, 0.3) is 0 Å². The lowest BCUT2D eigenvalue weighted by molar-refractivity contribution is 0.00204. The molecule has 9 heteroatoms. The minimum atomic E-state index is -0.469. The van der Waals surface area contributed by atoms with Gasteiger partial charge in [0, 0.05) is 18.8 Å². The summed E-state index contributed by atoms with van der Waals surface area (Å²) in [6, 6.07) is 11.5. The fourth-order valence-electron chi connectivity index (χ4n) is 2.32. The second-order valence-electron chi connectivity index (χ2n) is 5.97. The number of ether oxygens (including phenoxy) is 5. The predicted octanol–water partition coefficient (Wildman–Crippen LogP) is 3.19. The van der Waals surface area contributed by atoms with E-state index >= 15 is 0 Å². The van der Waals surface area contributed by atoms with Crippen molar-refractivity contribution in [3.63, 3.8) is 0 Å². The molecule has 0 aliphatic carbocycles. The number of carbonyl (C=O) groups excluding carboxylic acids is 1. The molecule has 0 aliphatic heterocycles. The maximum atomic E-state index is 10.8. The molecule has 0 saturated carbocycles. The highest BCUT2D eigenvalue weighted by Gasteiger charge is 2.00. The summed E-state index contributed by atoms with van der Waals surface area (Å²) in [6.45, 7) is 3.31. The number of alkyl carbamates (subject to hydrolysis) is 1. The number of nitrogens with one attached hydrogen (secondary N) is 1. The zero-order valence-electron chi connectivity index (χ0n) is 17.0. The van der Waals surface area contributed by atoms with Crippen molar-refractivity contribution in [3.8, 4) is 16.9 Å². The number of aromatic nitrogens is 1. The average molecular weight is 439 g/mol. The maximum absolute atomic E-state index is 10.8. The van der Waals surface area contributed by atoms with E-state index in [1.165, 1.54) is 7.05 Å². The van der Waals surface area contributed by atoms with Gasteiger partial charge in [-0.3, -0.25) is 0 Å². The van der Waals surface area contributed by atoms with Crippen LogP contribution >= 0.6 is 11.6 Å². The number of hydrogen-bond acceptors (Lipinski definition) is 7. The van der Waals surface area contributed by atoms with Crippen molar-refractivity contribution in [2.45, 2.75) is 0 Å². The third-order valence-corrected chi connectivity index (χ3v) is 4.04. The highest BCUT2D eigenvalue weighted by Crippen LogP contribution is 2.22. The molecule has 1 heterocycles. The molecule has 1 amide bonds. The molecule has 164 valence electrons. The van der Waals surface area contributed by atoms with Crippen molar-refractivity contribution < 1.29 is 28.5 Å². The summed E-state index contributed by atoms with van der Waals surface area (Å²) >= 11 is 5.81. The average Bonchev–Trinajstić information content (AvgIpc) is 2.77. The van der Waals surface area contributed by atoms with Crippen LogP contribution in [-0.4, -0.2) is 71.0 Å². The third-order valence-electron chi connectivity index (χ3n) is 3.82. The summed E-state index contributed by atoms with van der Waals surface area (Å²) < 4.78 is 26.6. The van der Waals surface area contributed by atoms with Crippen LogP contribution in [0.15, 0.2) is 42.6 Å². The Balaban J connectivity index is 1.44. The standard InChI is InChI=1S/C21H27ClN2O6/c1-23-21(25)30-15-13-28-11-9-26-8-10-27-12-14-29-19-5-2-17(3-6-19)18-4-7-20(22)24-16-18/h2-7,16H,8-15H2,1H3,(H,23,25). The second kappa shape index (κ2) is 14.6. The minimum absolute atomic E-state index is 0.212. The van der Waals surface area contributed by atoms with Gasteiger partial charge in [0.15, 0.2) is 0 Å². The van der Waals surface area contributed by atoms with E-state index in [0.717, 1.165) is 16.9 Å². The van der Waals surface area contributed by atoms with Gasteiger partial charge in [0.2, 0.25) is 0 Å². The number of carbonyl (C=O) groups is 1. The number of rotatable bonds is 14. The van der Waals surface area contributed by atoms with Crippen LogP contribution in [0.3, 0.4) is 0 Å². The van der Waals surface area contributed by atoms with E-state index < -0.39 is 6.09 Å². The molecule has 1 aromatic carbocycles. The molecule has 0 spiro atoms. The van der Waals surface area contributed by atoms with Gasteiger partial charge in [-0.05, 0) is 29.8 Å². The molecule has 0 radical (unpaired) electrons. The van der Waals surface area contributed by atoms with Crippen LogP contribution in [0.1, 0.15) is 0 Å². The topological polar surface area (TPSA) is 88.1 Å². The molecule has 1 N–H and O–H groups in total. The van der Waals surface area contributed by atoms with Gasteiger partial charge in [-0.25, -0.2) is 9.78 Å². The zero-order chi connectivity index (χ0) is 21.4. The lowest BCUT2D eigenvalue weighted by atomic mass is 10.1. The van der Waals surface area contributed by atoms with E-state index in [1.807, 2.05) is 30.3 Å². The van der Waals surface area contributed by atoms with Crippen molar-refractivity contribution in [2.75, 3.05) is 59.9 Å². The Bertz CT molecular complexity index is 727. The first kappa shape index (κ1) is 23.9. The molecule has 8 nitrogen and oxygen atoms in total. The Kier molecular flexibility index (Phi) is 11.6. The van der Waals surface area contributed by atoms with Gasteiger partial charge in [-0.15, -0.1) is 0 Å². The normalized spacial score (nSPS) is 10.6. The van der Waals surface area contributed by atoms with E-state index in [2.05, 4.69) is 10.3 Å². The van der Waals surface area contributed by atoms with Crippen LogP contribution in [0.25, 0.3) is 11.1 Å². The van der Waals surface area contributed by atoms with Crippen molar-refractivity contribution in [1.29, 1.82) is 0 Å². The Hall–Kier alpha value is -2.39. The summed E-state index contributed by atoms with van der Waals surface area (Å²) in [4.78, 5) is 14.9. The van der Waals surface area contributed by atoms with E-state index in [-0.39, 0.29) is 6.61 Å². The fourth-order valence-corrected chi connectivity index (χ4v) is 2.43. The van der Waals surface area contributed by atoms with Gasteiger partial charge < -0.3 is 29.0 Å². The number of pyridine rings is 1. The second-order valence-corrected chi connectivity index (χ2v) is 6.35. The van der Waals surface area contributed by atoms with Gasteiger partial charge >= 0.3 is 6.09 Å². The molecule has 0 unspecified atom stereocenters. The molecule has 0 aliphatic rings. The predicted molar refractivity (Wildman–Crippen MR) is 113 cm³/mol. The molecule has 0 saturated heterocycles. The van der Waals surface area contributed by atoms with E-state index in [4.69, 9.17) is 35.3 Å². The number of halogens is 1. The Labute approximate surface area is 181 Å².